The quantitative estimate of drug-likeness (QED) is 0.933. The topological polar surface area (TPSA) is 73.2 Å². The monoisotopic (exact) mass is 317 g/mol. The minimum Gasteiger partial charge on any atom is -0.480 e. The predicted molar refractivity (Wildman–Crippen MR) is 71.7 cm³/mol. The summed E-state index contributed by atoms with van der Waals surface area (Å²) < 4.78 is 60.1. The number of rotatable bonds is 4. The van der Waals surface area contributed by atoms with Crippen molar-refractivity contribution in [2.45, 2.75) is 11.8 Å². The molecule has 0 aliphatic rings. The Morgan fingerprint density at radius 3 is 2.38 bits per heavy atom. The second-order valence-corrected chi connectivity index (χ2v) is 5.87. The summed E-state index contributed by atoms with van der Waals surface area (Å²) in [5.74, 6) is -2.22. The summed E-state index contributed by atoms with van der Waals surface area (Å²) in [6.07, 6.45) is 0. The van der Waals surface area contributed by atoms with E-state index in [1.807, 2.05) is 0 Å². The largest absolute Gasteiger partial charge is 0.480 e. The van der Waals surface area contributed by atoms with Gasteiger partial charge in [0, 0.05) is 7.05 Å². The van der Waals surface area contributed by atoms with E-state index in [-0.39, 0.29) is 11.6 Å². The van der Waals surface area contributed by atoms with Crippen molar-refractivity contribution in [1.29, 1.82) is 0 Å². The zero-order valence-electron chi connectivity index (χ0n) is 11.5. The van der Waals surface area contributed by atoms with Crippen molar-refractivity contribution < 1.29 is 21.9 Å². The Balaban J connectivity index is 2.53. The van der Waals surface area contributed by atoms with Crippen LogP contribution in [0.3, 0.4) is 0 Å². The first-order valence-corrected chi connectivity index (χ1v) is 7.30. The van der Waals surface area contributed by atoms with Crippen LogP contribution in [0.25, 0.3) is 0 Å². The Hall–Kier alpha value is -2.16. The number of halogens is 2. The lowest BCUT2D eigenvalue weighted by molar-refractivity contribution is 0.375. The maximum atomic E-state index is 13.6. The summed E-state index contributed by atoms with van der Waals surface area (Å²) in [5.41, 5.74) is 0.345. The fraction of sp³-hybridized carbons (Fsp3) is 0.250. The van der Waals surface area contributed by atoms with Crippen LogP contribution in [-0.4, -0.2) is 25.3 Å². The summed E-state index contributed by atoms with van der Waals surface area (Å²) in [6.45, 7) is 1.54. The molecule has 0 atom stereocenters. The van der Waals surface area contributed by atoms with Crippen molar-refractivity contribution in [2.24, 2.45) is 7.05 Å². The molecular weight excluding hydrogens is 304 g/mol. The Labute approximate surface area is 120 Å². The fourth-order valence-electron chi connectivity index (χ4n) is 1.91. The summed E-state index contributed by atoms with van der Waals surface area (Å²) in [7, 11) is -1.57. The molecule has 21 heavy (non-hydrogen) atoms. The van der Waals surface area contributed by atoms with E-state index in [9.17, 15) is 17.2 Å². The molecule has 0 amide bonds. The molecule has 0 unspecified atom stereocenters. The molecule has 1 aromatic carbocycles. The minimum absolute atomic E-state index is 0.0302. The van der Waals surface area contributed by atoms with Gasteiger partial charge < -0.3 is 4.74 Å². The van der Waals surface area contributed by atoms with E-state index in [2.05, 4.69) is 9.82 Å². The van der Waals surface area contributed by atoms with Gasteiger partial charge in [-0.1, -0.05) is 6.07 Å². The number of benzene rings is 1. The van der Waals surface area contributed by atoms with Gasteiger partial charge in [-0.25, -0.2) is 21.9 Å². The zero-order chi connectivity index (χ0) is 15.8. The normalized spacial score (nSPS) is 11.5. The number of anilines is 1. The van der Waals surface area contributed by atoms with E-state index in [4.69, 9.17) is 4.74 Å². The van der Waals surface area contributed by atoms with Crippen LogP contribution in [0, 0.1) is 18.6 Å². The number of aromatic nitrogens is 2. The van der Waals surface area contributed by atoms with Crippen molar-refractivity contribution in [2.75, 3.05) is 11.8 Å². The third kappa shape index (κ3) is 2.68. The van der Waals surface area contributed by atoms with Gasteiger partial charge in [-0.2, -0.15) is 5.10 Å². The highest BCUT2D eigenvalue weighted by Gasteiger charge is 2.27. The molecule has 6 nitrogen and oxygen atoms in total. The van der Waals surface area contributed by atoms with E-state index in [1.165, 1.54) is 18.7 Å². The molecule has 2 aromatic rings. The lowest BCUT2D eigenvalue weighted by Gasteiger charge is -2.10. The van der Waals surface area contributed by atoms with E-state index in [1.54, 1.807) is 7.05 Å². The molecule has 0 saturated carbocycles. The van der Waals surface area contributed by atoms with Gasteiger partial charge in [-0.15, -0.1) is 0 Å². The number of nitrogens with one attached hydrogen (secondary N) is 1. The SMILES string of the molecule is COc1c(NS(=O)(=O)c2c(F)cccc2F)c(C)nn1C. The van der Waals surface area contributed by atoms with Gasteiger partial charge in [0.2, 0.25) is 5.88 Å². The van der Waals surface area contributed by atoms with E-state index in [0.29, 0.717) is 5.69 Å². The van der Waals surface area contributed by atoms with Crippen molar-refractivity contribution in [1.82, 2.24) is 9.78 Å². The van der Waals surface area contributed by atoms with Crippen molar-refractivity contribution in [3.8, 4) is 5.88 Å². The molecule has 0 radical (unpaired) electrons. The number of ether oxygens (including phenoxy) is 1. The van der Waals surface area contributed by atoms with Gasteiger partial charge >= 0.3 is 0 Å². The third-order valence-corrected chi connectivity index (χ3v) is 4.19. The van der Waals surface area contributed by atoms with Crippen molar-refractivity contribution >= 4 is 15.7 Å². The highest BCUT2D eigenvalue weighted by atomic mass is 32.2. The molecule has 0 spiro atoms. The molecule has 1 N–H and O–H groups in total. The van der Waals surface area contributed by atoms with Crippen LogP contribution >= 0.6 is 0 Å². The van der Waals surface area contributed by atoms with Gasteiger partial charge in [0.05, 0.1) is 12.8 Å². The number of hydrogen-bond acceptors (Lipinski definition) is 4. The molecule has 2 rings (SSSR count). The lowest BCUT2D eigenvalue weighted by atomic mass is 10.3. The summed E-state index contributed by atoms with van der Waals surface area (Å²) in [4.78, 5) is -1.05. The molecule has 114 valence electrons. The fourth-order valence-corrected chi connectivity index (χ4v) is 3.17. The predicted octanol–water partition coefficient (Wildman–Crippen LogP) is 1.82. The average Bonchev–Trinajstić information content (AvgIpc) is 2.62. The van der Waals surface area contributed by atoms with E-state index < -0.39 is 26.6 Å². The maximum absolute atomic E-state index is 13.6. The van der Waals surface area contributed by atoms with E-state index in [0.717, 1.165) is 18.2 Å². The Kier molecular flexibility index (Phi) is 3.86. The third-order valence-electron chi connectivity index (χ3n) is 2.79. The molecule has 0 saturated heterocycles. The Morgan fingerprint density at radius 2 is 1.86 bits per heavy atom. The number of methoxy groups -OCH3 is 1. The Bertz CT molecular complexity index is 767. The summed E-state index contributed by atoms with van der Waals surface area (Å²) in [6, 6.07) is 2.82. The van der Waals surface area contributed by atoms with Crippen molar-refractivity contribution in [3.63, 3.8) is 0 Å². The first-order valence-electron chi connectivity index (χ1n) is 5.82. The first kappa shape index (κ1) is 15.2. The van der Waals surface area contributed by atoms with Gasteiger partial charge in [0.1, 0.15) is 17.3 Å². The van der Waals surface area contributed by atoms with Crippen LogP contribution in [0.1, 0.15) is 5.69 Å². The van der Waals surface area contributed by atoms with Crippen molar-refractivity contribution in [3.05, 3.63) is 35.5 Å². The molecule has 1 heterocycles. The van der Waals surface area contributed by atoms with Crippen LogP contribution < -0.4 is 9.46 Å². The molecule has 0 bridgehead atoms. The average molecular weight is 317 g/mol. The van der Waals surface area contributed by atoms with Crippen LogP contribution in [0.2, 0.25) is 0 Å². The standard InChI is InChI=1S/C12H13F2N3O3S/c1-7-10(12(20-3)17(2)15-7)16-21(18,19)11-8(13)5-4-6-9(11)14/h4-6,16H,1-3H3. The van der Waals surface area contributed by atoms with Gasteiger partial charge in [0.25, 0.3) is 10.0 Å². The molecule has 1 aromatic heterocycles. The summed E-state index contributed by atoms with van der Waals surface area (Å²) in [5, 5.41) is 3.98. The van der Waals surface area contributed by atoms with Gasteiger partial charge in [0.15, 0.2) is 4.90 Å². The minimum atomic E-state index is -4.45. The summed E-state index contributed by atoms with van der Waals surface area (Å²) >= 11 is 0. The molecule has 0 aliphatic carbocycles. The molecule has 0 aliphatic heterocycles. The Morgan fingerprint density at radius 1 is 1.29 bits per heavy atom. The van der Waals surface area contributed by atoms with Gasteiger partial charge in [-0.3, -0.25) is 4.72 Å². The smallest absolute Gasteiger partial charge is 0.267 e. The highest BCUT2D eigenvalue weighted by Crippen LogP contribution is 2.30. The number of hydrogen-bond donors (Lipinski definition) is 1. The van der Waals surface area contributed by atoms with Crippen LogP contribution in [-0.2, 0) is 17.1 Å². The van der Waals surface area contributed by atoms with Crippen LogP contribution in [0.15, 0.2) is 23.1 Å². The highest BCUT2D eigenvalue weighted by molar-refractivity contribution is 7.92. The second-order valence-electron chi connectivity index (χ2n) is 4.25. The number of nitrogens with zero attached hydrogens (tertiary/aromatic N) is 2. The molecule has 9 heteroatoms. The van der Waals surface area contributed by atoms with Crippen LogP contribution in [0.4, 0.5) is 14.5 Å². The van der Waals surface area contributed by atoms with E-state index >= 15 is 0 Å². The first-order chi connectivity index (χ1) is 9.77. The zero-order valence-corrected chi connectivity index (χ0v) is 12.3. The molecule has 0 fully saturated rings. The van der Waals surface area contributed by atoms with Crippen LogP contribution in [0.5, 0.6) is 5.88 Å². The van der Waals surface area contributed by atoms with Gasteiger partial charge in [-0.05, 0) is 19.1 Å². The lowest BCUT2D eigenvalue weighted by Crippen LogP contribution is -2.17. The number of sulfonamides is 1. The second kappa shape index (κ2) is 5.32. The maximum Gasteiger partial charge on any atom is 0.267 e. The number of aryl methyl sites for hydroxylation is 2. The molecular formula is C12H13F2N3O3S.